The molecule has 1 aromatic rings. The van der Waals surface area contributed by atoms with E-state index < -0.39 is 30.7 Å². The minimum atomic E-state index is -1.35. The number of aliphatic hydroxyl groups excluding tert-OH is 3. The lowest BCUT2D eigenvalue weighted by Crippen LogP contribution is -2.58. The molecule has 3 N–H and O–H groups in total. The summed E-state index contributed by atoms with van der Waals surface area (Å²) in [7, 11) is 0. The largest absolute Gasteiger partial charge is 0.462 e. The molecule has 0 amide bonds. The van der Waals surface area contributed by atoms with Gasteiger partial charge in [0.25, 0.3) is 0 Å². The second-order valence-corrected chi connectivity index (χ2v) is 4.49. The molecule has 0 radical (unpaired) electrons. The molecular weight excluding hydrogens is 252 g/mol. The maximum Gasteiger partial charge on any atom is 0.229 e. The lowest BCUT2D eigenvalue weighted by atomic mass is 10.00. The van der Waals surface area contributed by atoms with Crippen LogP contribution >= 0.6 is 0 Å². The van der Waals surface area contributed by atoms with Crippen molar-refractivity contribution in [3.63, 3.8) is 0 Å². The number of ether oxygens (including phenoxy) is 2. The first-order valence-electron chi connectivity index (χ1n) is 5.94. The minimum absolute atomic E-state index is 0.394. The highest BCUT2D eigenvalue weighted by Gasteiger charge is 2.43. The van der Waals surface area contributed by atoms with Crippen molar-refractivity contribution in [2.75, 3.05) is 0 Å². The highest BCUT2D eigenvalue weighted by molar-refractivity contribution is 5.74. The molecule has 6 nitrogen and oxygen atoms in total. The number of aliphatic hydroxyl groups is 3. The molecule has 1 aliphatic heterocycles. The van der Waals surface area contributed by atoms with Crippen LogP contribution in [-0.4, -0.2) is 52.3 Å². The van der Waals surface area contributed by atoms with Gasteiger partial charge in [-0.15, -0.1) is 0 Å². The Bertz CT molecular complexity index is 431. The minimum Gasteiger partial charge on any atom is -0.462 e. The molecule has 5 atom stereocenters. The highest BCUT2D eigenvalue weighted by atomic mass is 16.7. The molecule has 1 heterocycles. The van der Waals surface area contributed by atoms with E-state index in [0.717, 1.165) is 0 Å². The summed E-state index contributed by atoms with van der Waals surface area (Å²) in [5, 5.41) is 29.0. The van der Waals surface area contributed by atoms with Crippen LogP contribution in [0.4, 0.5) is 0 Å². The van der Waals surface area contributed by atoms with Gasteiger partial charge in [0.05, 0.1) is 6.10 Å². The lowest BCUT2D eigenvalue weighted by Gasteiger charge is -2.38. The fourth-order valence-corrected chi connectivity index (χ4v) is 1.87. The van der Waals surface area contributed by atoms with Crippen molar-refractivity contribution < 1.29 is 29.6 Å². The van der Waals surface area contributed by atoms with Gasteiger partial charge >= 0.3 is 0 Å². The van der Waals surface area contributed by atoms with Gasteiger partial charge in [-0.05, 0) is 31.2 Å². The van der Waals surface area contributed by atoms with Crippen LogP contribution in [0.5, 0.6) is 5.75 Å². The van der Waals surface area contributed by atoms with Crippen molar-refractivity contribution >= 4 is 6.29 Å². The molecule has 104 valence electrons. The molecule has 1 saturated heterocycles. The van der Waals surface area contributed by atoms with Crippen LogP contribution in [0.25, 0.3) is 0 Å². The maximum atomic E-state index is 10.5. The second kappa shape index (κ2) is 5.66. The van der Waals surface area contributed by atoms with Crippen molar-refractivity contribution in [1.29, 1.82) is 0 Å². The Balaban J connectivity index is 2.07. The molecule has 0 spiro atoms. The van der Waals surface area contributed by atoms with Crippen LogP contribution < -0.4 is 4.74 Å². The molecule has 6 heteroatoms. The zero-order valence-electron chi connectivity index (χ0n) is 10.3. The number of benzene rings is 1. The van der Waals surface area contributed by atoms with Crippen LogP contribution in [0.3, 0.4) is 0 Å². The zero-order chi connectivity index (χ0) is 14.0. The first kappa shape index (κ1) is 14.0. The van der Waals surface area contributed by atoms with Crippen molar-refractivity contribution in [2.24, 2.45) is 0 Å². The number of hydrogen-bond acceptors (Lipinski definition) is 6. The van der Waals surface area contributed by atoms with E-state index in [1.165, 1.54) is 0 Å². The Kier molecular flexibility index (Phi) is 4.16. The van der Waals surface area contributed by atoms with Gasteiger partial charge in [-0.1, -0.05) is 0 Å². The maximum absolute atomic E-state index is 10.5. The summed E-state index contributed by atoms with van der Waals surface area (Å²) in [6.45, 7) is 1.58. The Morgan fingerprint density at radius 3 is 2.32 bits per heavy atom. The monoisotopic (exact) mass is 268 g/mol. The van der Waals surface area contributed by atoms with Gasteiger partial charge in [0.2, 0.25) is 6.29 Å². The fourth-order valence-electron chi connectivity index (χ4n) is 1.87. The lowest BCUT2D eigenvalue weighted by molar-refractivity contribution is -0.268. The SMILES string of the molecule is C[C@@H]1O[C@@H](Oc2ccc(C=O)cc2)[C@H](O)[C@H](O)[C@H]1O. The highest BCUT2D eigenvalue weighted by Crippen LogP contribution is 2.24. The summed E-state index contributed by atoms with van der Waals surface area (Å²) in [5.41, 5.74) is 0.501. The van der Waals surface area contributed by atoms with Crippen LogP contribution in [0.2, 0.25) is 0 Å². The Labute approximate surface area is 110 Å². The third kappa shape index (κ3) is 2.93. The zero-order valence-corrected chi connectivity index (χ0v) is 10.3. The van der Waals surface area contributed by atoms with Gasteiger partial charge in [0, 0.05) is 5.56 Å². The van der Waals surface area contributed by atoms with Gasteiger partial charge < -0.3 is 24.8 Å². The standard InChI is InChI=1S/C13H16O6/c1-7-10(15)11(16)12(17)13(18-7)19-9-4-2-8(6-14)3-5-9/h2-7,10-13,15-17H,1H3/t7-,10-,11+,12+,13-/m0/s1. The second-order valence-electron chi connectivity index (χ2n) is 4.49. The summed E-state index contributed by atoms with van der Waals surface area (Å²) in [6.07, 6.45) is -4.86. The van der Waals surface area contributed by atoms with E-state index in [1.807, 2.05) is 0 Å². The van der Waals surface area contributed by atoms with Gasteiger partial charge in [0.1, 0.15) is 30.3 Å². The van der Waals surface area contributed by atoms with Gasteiger partial charge in [0.15, 0.2) is 0 Å². The molecule has 19 heavy (non-hydrogen) atoms. The predicted octanol–water partition coefficient (Wildman–Crippen LogP) is -0.295. The average Bonchev–Trinajstić information content (AvgIpc) is 2.43. The van der Waals surface area contributed by atoms with Crippen LogP contribution in [-0.2, 0) is 4.74 Å². The summed E-state index contributed by atoms with van der Waals surface area (Å²) in [5.74, 6) is 0.394. The molecular formula is C13H16O6. The van der Waals surface area contributed by atoms with Crippen molar-refractivity contribution in [1.82, 2.24) is 0 Å². The first-order chi connectivity index (χ1) is 9.02. The average molecular weight is 268 g/mol. The summed E-state index contributed by atoms with van der Waals surface area (Å²) in [4.78, 5) is 10.5. The van der Waals surface area contributed by atoms with E-state index >= 15 is 0 Å². The molecule has 2 rings (SSSR count). The molecule has 0 bridgehead atoms. The smallest absolute Gasteiger partial charge is 0.229 e. The fraction of sp³-hybridized carbons (Fsp3) is 0.462. The van der Waals surface area contributed by atoms with E-state index in [4.69, 9.17) is 9.47 Å². The number of rotatable bonds is 3. The normalized spacial score (nSPS) is 34.8. The van der Waals surface area contributed by atoms with Crippen molar-refractivity contribution in [2.45, 2.75) is 37.6 Å². The number of carbonyl (C=O) groups excluding carboxylic acids is 1. The van der Waals surface area contributed by atoms with Crippen LogP contribution in [0.1, 0.15) is 17.3 Å². The molecule has 0 aliphatic carbocycles. The summed E-state index contributed by atoms with van der Waals surface area (Å²) in [6, 6.07) is 6.24. The third-order valence-electron chi connectivity index (χ3n) is 3.08. The summed E-state index contributed by atoms with van der Waals surface area (Å²) < 4.78 is 10.7. The van der Waals surface area contributed by atoms with E-state index in [1.54, 1.807) is 31.2 Å². The Morgan fingerprint density at radius 1 is 1.11 bits per heavy atom. The first-order valence-corrected chi connectivity index (χ1v) is 5.94. The Morgan fingerprint density at radius 2 is 1.74 bits per heavy atom. The predicted molar refractivity (Wildman–Crippen MR) is 64.8 cm³/mol. The Hall–Kier alpha value is -1.47. The molecule has 0 unspecified atom stereocenters. The van der Waals surface area contributed by atoms with E-state index in [9.17, 15) is 20.1 Å². The molecule has 1 aromatic carbocycles. The van der Waals surface area contributed by atoms with Gasteiger partial charge in [-0.25, -0.2) is 0 Å². The van der Waals surface area contributed by atoms with E-state index in [-0.39, 0.29) is 0 Å². The van der Waals surface area contributed by atoms with Crippen LogP contribution in [0, 0.1) is 0 Å². The van der Waals surface area contributed by atoms with E-state index in [0.29, 0.717) is 17.6 Å². The summed E-state index contributed by atoms with van der Waals surface area (Å²) >= 11 is 0. The topological polar surface area (TPSA) is 96.2 Å². The van der Waals surface area contributed by atoms with Crippen LogP contribution in [0.15, 0.2) is 24.3 Å². The molecule has 1 aliphatic rings. The number of aldehydes is 1. The van der Waals surface area contributed by atoms with Gasteiger partial charge in [-0.2, -0.15) is 0 Å². The number of hydrogen-bond donors (Lipinski definition) is 3. The van der Waals surface area contributed by atoms with E-state index in [2.05, 4.69) is 0 Å². The quantitative estimate of drug-likeness (QED) is 0.652. The number of carbonyl (C=O) groups is 1. The molecule has 1 fully saturated rings. The van der Waals surface area contributed by atoms with Crippen molar-refractivity contribution in [3.8, 4) is 5.75 Å². The third-order valence-corrected chi connectivity index (χ3v) is 3.08. The van der Waals surface area contributed by atoms with Crippen molar-refractivity contribution in [3.05, 3.63) is 29.8 Å². The molecule has 0 aromatic heterocycles. The van der Waals surface area contributed by atoms with Gasteiger partial charge in [-0.3, -0.25) is 4.79 Å². The molecule has 0 saturated carbocycles.